The third-order valence-electron chi connectivity index (χ3n) is 5.13. The van der Waals surface area contributed by atoms with Crippen LogP contribution in [0.3, 0.4) is 0 Å². The number of para-hydroxylation sites is 2. The van der Waals surface area contributed by atoms with Crippen LogP contribution in [0.25, 0.3) is 0 Å². The molecule has 8 heteroatoms. The van der Waals surface area contributed by atoms with Crippen molar-refractivity contribution in [1.82, 2.24) is 9.80 Å². The molecule has 30 heavy (non-hydrogen) atoms. The fourth-order valence-electron chi connectivity index (χ4n) is 3.35. The first kappa shape index (κ1) is 24.8. The van der Waals surface area contributed by atoms with Crippen LogP contribution >= 0.6 is 47.0 Å². The van der Waals surface area contributed by atoms with E-state index in [4.69, 9.17) is 9.47 Å². The van der Waals surface area contributed by atoms with Crippen LogP contribution in [-0.4, -0.2) is 108 Å². The van der Waals surface area contributed by atoms with Crippen molar-refractivity contribution in [2.45, 2.75) is 0 Å². The van der Waals surface area contributed by atoms with Crippen LogP contribution in [0.15, 0.2) is 24.3 Å². The molecule has 1 fully saturated rings. The Morgan fingerprint density at radius 1 is 0.500 bits per heavy atom. The van der Waals surface area contributed by atoms with E-state index in [1.807, 2.05) is 24.3 Å². The average Bonchev–Trinajstić information content (AvgIpc) is 2.76. The van der Waals surface area contributed by atoms with Crippen LogP contribution in [0.4, 0.5) is 0 Å². The van der Waals surface area contributed by atoms with Crippen molar-refractivity contribution in [3.05, 3.63) is 24.3 Å². The van der Waals surface area contributed by atoms with Crippen LogP contribution in [0.5, 0.6) is 11.5 Å². The third-order valence-corrected chi connectivity index (χ3v) is 9.50. The van der Waals surface area contributed by atoms with Crippen molar-refractivity contribution in [2.75, 3.05) is 98.5 Å². The number of fused-ring (bicyclic) bond motifs is 18. The normalized spacial score (nSPS) is 26.5. The van der Waals surface area contributed by atoms with Gasteiger partial charge in [-0.25, -0.2) is 0 Å². The van der Waals surface area contributed by atoms with E-state index >= 15 is 0 Å². The number of nitrogens with zero attached hydrogens (tertiary/aromatic N) is 2. The van der Waals surface area contributed by atoms with Gasteiger partial charge in [0, 0.05) is 85.3 Å². The van der Waals surface area contributed by atoms with Crippen molar-refractivity contribution < 1.29 is 9.47 Å². The largest absolute Gasteiger partial charge is 0.488 e. The molecule has 1 aromatic carbocycles. The Kier molecular flexibility index (Phi) is 13.1. The van der Waals surface area contributed by atoms with Crippen LogP contribution in [0, 0.1) is 0 Å². The van der Waals surface area contributed by atoms with Gasteiger partial charge in [-0.15, -0.1) is 0 Å². The fraction of sp³-hybridized carbons (Fsp3) is 0.727. The van der Waals surface area contributed by atoms with Crippen molar-refractivity contribution in [2.24, 2.45) is 0 Å². The van der Waals surface area contributed by atoms with Gasteiger partial charge in [0.1, 0.15) is 13.2 Å². The van der Waals surface area contributed by atoms with Gasteiger partial charge in [0.2, 0.25) is 0 Å². The van der Waals surface area contributed by atoms with Gasteiger partial charge in [-0.2, -0.15) is 47.0 Å². The maximum absolute atomic E-state index is 6.15. The summed E-state index contributed by atoms with van der Waals surface area (Å²) < 4.78 is 12.3. The highest BCUT2D eigenvalue weighted by Crippen LogP contribution is 2.26. The Hall–Kier alpha value is 0.140. The molecule has 4 rings (SSSR count). The number of hydrogen-bond donors (Lipinski definition) is 0. The van der Waals surface area contributed by atoms with E-state index < -0.39 is 0 Å². The molecule has 0 spiro atoms. The predicted molar refractivity (Wildman–Crippen MR) is 140 cm³/mol. The van der Waals surface area contributed by atoms with Gasteiger partial charge in [0.05, 0.1) is 0 Å². The van der Waals surface area contributed by atoms with Crippen molar-refractivity contribution in [3.63, 3.8) is 0 Å². The summed E-state index contributed by atoms with van der Waals surface area (Å²) >= 11 is 8.41. The Balaban J connectivity index is 1.68. The maximum atomic E-state index is 6.15. The minimum absolute atomic E-state index is 0.716. The zero-order valence-electron chi connectivity index (χ0n) is 18.0. The molecule has 3 aliphatic rings. The topological polar surface area (TPSA) is 24.9 Å². The molecule has 1 saturated heterocycles. The highest BCUT2D eigenvalue weighted by atomic mass is 32.2. The number of ether oxygens (including phenoxy) is 2. The van der Waals surface area contributed by atoms with Crippen molar-refractivity contribution in [1.29, 1.82) is 0 Å². The van der Waals surface area contributed by atoms with E-state index in [0.29, 0.717) is 13.2 Å². The SMILES string of the molecule is c1ccc2c(c1)OCCN1CCSCCSCCN(CCO2)CCSCCSCC1. The molecule has 0 N–H and O–H groups in total. The van der Waals surface area contributed by atoms with Gasteiger partial charge in [-0.1, -0.05) is 12.1 Å². The van der Waals surface area contributed by atoms with Crippen LogP contribution < -0.4 is 9.47 Å². The molecule has 1 aromatic rings. The first-order valence-corrected chi connectivity index (χ1v) is 15.6. The summed E-state index contributed by atoms with van der Waals surface area (Å²) in [6.45, 7) is 8.00. The molecule has 0 radical (unpaired) electrons. The Bertz CT molecular complexity index is 513. The van der Waals surface area contributed by atoms with E-state index in [1.54, 1.807) is 0 Å². The lowest BCUT2D eigenvalue weighted by Gasteiger charge is -2.24. The number of rotatable bonds is 0. The van der Waals surface area contributed by atoms with Crippen LogP contribution in [0.2, 0.25) is 0 Å². The molecule has 0 aliphatic carbocycles. The second kappa shape index (κ2) is 15.9. The van der Waals surface area contributed by atoms with Gasteiger partial charge >= 0.3 is 0 Å². The smallest absolute Gasteiger partial charge is 0.161 e. The molecule has 3 heterocycles. The number of thioether (sulfide) groups is 4. The summed E-state index contributed by atoms with van der Waals surface area (Å²) in [6, 6.07) is 8.14. The Morgan fingerprint density at radius 2 is 0.867 bits per heavy atom. The number of hydrogen-bond acceptors (Lipinski definition) is 8. The molecular formula is C22H36N2O2S4. The second-order valence-corrected chi connectivity index (χ2v) is 12.2. The monoisotopic (exact) mass is 488 g/mol. The minimum Gasteiger partial charge on any atom is -0.488 e. The van der Waals surface area contributed by atoms with E-state index in [0.717, 1.165) is 50.8 Å². The molecule has 0 unspecified atom stereocenters. The van der Waals surface area contributed by atoms with E-state index in [9.17, 15) is 0 Å². The molecule has 0 atom stereocenters. The summed E-state index contributed by atoms with van der Waals surface area (Å²) in [5, 5.41) is 0. The molecule has 2 bridgehead atoms. The van der Waals surface area contributed by atoms with Gasteiger partial charge < -0.3 is 9.47 Å². The molecule has 0 aromatic heterocycles. The Morgan fingerprint density at radius 3 is 1.23 bits per heavy atom. The van der Waals surface area contributed by atoms with Crippen molar-refractivity contribution >= 4 is 47.0 Å². The highest BCUT2D eigenvalue weighted by molar-refractivity contribution is 8.03. The van der Waals surface area contributed by atoms with E-state index in [1.165, 1.54) is 46.0 Å². The van der Waals surface area contributed by atoms with Crippen molar-refractivity contribution in [3.8, 4) is 11.5 Å². The lowest BCUT2D eigenvalue weighted by atomic mass is 10.3. The zero-order chi connectivity index (χ0) is 20.7. The summed E-state index contributed by atoms with van der Waals surface area (Å²) in [6.07, 6.45) is 0. The lowest BCUT2D eigenvalue weighted by molar-refractivity contribution is 0.200. The minimum atomic E-state index is 0.716. The van der Waals surface area contributed by atoms with Crippen LogP contribution in [0.1, 0.15) is 0 Å². The molecule has 170 valence electrons. The average molecular weight is 489 g/mol. The molecule has 4 nitrogen and oxygen atoms in total. The van der Waals surface area contributed by atoms with Gasteiger partial charge in [0.15, 0.2) is 11.5 Å². The fourth-order valence-corrected chi connectivity index (χ4v) is 7.60. The van der Waals surface area contributed by atoms with Gasteiger partial charge in [-0.05, 0) is 12.1 Å². The highest BCUT2D eigenvalue weighted by Gasteiger charge is 2.11. The second-order valence-electron chi connectivity index (χ2n) is 7.28. The molecule has 3 aliphatic heterocycles. The third kappa shape index (κ3) is 10.2. The Labute approximate surface area is 199 Å². The summed E-state index contributed by atoms with van der Waals surface area (Å²) in [4.78, 5) is 5.15. The zero-order valence-corrected chi connectivity index (χ0v) is 21.2. The first-order chi connectivity index (χ1) is 14.9. The number of benzene rings is 1. The first-order valence-electron chi connectivity index (χ1n) is 11.0. The summed E-state index contributed by atoms with van der Waals surface area (Å²) in [5.41, 5.74) is 0. The standard InChI is InChI=1S/C22H36N2O2S4/c1-2-4-22-21(3-1)25-11-5-23-7-13-27-17-19-29-15-9-24(6-12-26-22)10-16-30-20-18-28-14-8-23/h1-4H,5-20H2. The van der Waals surface area contributed by atoms with Crippen LogP contribution in [-0.2, 0) is 0 Å². The lowest BCUT2D eigenvalue weighted by Crippen LogP contribution is -2.33. The summed E-state index contributed by atoms with van der Waals surface area (Å²) in [7, 11) is 0. The van der Waals surface area contributed by atoms with Gasteiger partial charge in [-0.3, -0.25) is 9.80 Å². The van der Waals surface area contributed by atoms with E-state index in [2.05, 4.69) is 56.8 Å². The molecule has 0 saturated carbocycles. The molecule has 0 amide bonds. The summed E-state index contributed by atoms with van der Waals surface area (Å²) in [5.74, 6) is 11.7. The quantitative estimate of drug-likeness (QED) is 0.540. The van der Waals surface area contributed by atoms with Gasteiger partial charge in [0.25, 0.3) is 0 Å². The predicted octanol–water partition coefficient (Wildman–Crippen LogP) is 4.01. The van der Waals surface area contributed by atoms with E-state index in [-0.39, 0.29) is 0 Å². The maximum Gasteiger partial charge on any atom is 0.161 e. The molecular weight excluding hydrogens is 453 g/mol.